The molecular formula is C11H17NO3S2. The van der Waals surface area contributed by atoms with Gasteiger partial charge in [-0.1, -0.05) is 34.1 Å². The number of methoxy groups -OCH3 is 1. The number of nitrogens with one attached hydrogen (secondary N) is 1. The fraction of sp³-hybridized carbons (Fsp3) is 0.636. The summed E-state index contributed by atoms with van der Waals surface area (Å²) in [6.45, 7) is -0.0345. The summed E-state index contributed by atoms with van der Waals surface area (Å²) < 4.78 is 4.43. The molecule has 0 spiro atoms. The first-order valence-corrected chi connectivity index (χ1v) is 7.82. The molecule has 0 fully saturated rings. The van der Waals surface area contributed by atoms with Crippen LogP contribution in [0, 0.1) is 0 Å². The standard InChI is InChI=1S/C11H17NO3S2/c1-15-11(14)8-12-10(13)5-3-2-4-9-6-7-16-17-9/h6-7,9H,2-5,8H2,1H3,(H,12,13). The van der Waals surface area contributed by atoms with Crippen molar-refractivity contribution < 1.29 is 14.3 Å². The second-order valence-corrected chi connectivity index (χ2v) is 6.08. The first-order valence-electron chi connectivity index (χ1n) is 5.54. The molecule has 0 saturated carbocycles. The van der Waals surface area contributed by atoms with Crippen LogP contribution in [0.4, 0.5) is 0 Å². The van der Waals surface area contributed by atoms with Gasteiger partial charge in [-0.2, -0.15) is 0 Å². The maximum Gasteiger partial charge on any atom is 0.325 e. The summed E-state index contributed by atoms with van der Waals surface area (Å²) in [6, 6.07) is 0. The van der Waals surface area contributed by atoms with E-state index < -0.39 is 5.97 Å². The fourth-order valence-electron chi connectivity index (χ4n) is 1.36. The van der Waals surface area contributed by atoms with Gasteiger partial charge >= 0.3 is 5.97 Å². The van der Waals surface area contributed by atoms with E-state index in [2.05, 4.69) is 21.5 Å². The Morgan fingerprint density at radius 2 is 2.24 bits per heavy atom. The van der Waals surface area contributed by atoms with E-state index in [4.69, 9.17) is 0 Å². The van der Waals surface area contributed by atoms with Crippen LogP contribution in [0.25, 0.3) is 0 Å². The molecule has 0 aromatic rings. The fourth-order valence-corrected chi connectivity index (χ4v) is 3.62. The van der Waals surface area contributed by atoms with Crippen LogP contribution in [0.5, 0.6) is 0 Å². The van der Waals surface area contributed by atoms with Crippen LogP contribution >= 0.6 is 21.6 Å². The molecule has 17 heavy (non-hydrogen) atoms. The molecule has 4 nitrogen and oxygen atoms in total. The topological polar surface area (TPSA) is 55.4 Å². The molecular weight excluding hydrogens is 258 g/mol. The lowest BCUT2D eigenvalue weighted by Crippen LogP contribution is -2.29. The zero-order valence-corrected chi connectivity index (χ0v) is 11.4. The number of carbonyl (C=O) groups is 2. The third kappa shape index (κ3) is 6.63. The van der Waals surface area contributed by atoms with Crippen LogP contribution < -0.4 is 5.32 Å². The summed E-state index contributed by atoms with van der Waals surface area (Å²) in [5, 5.41) is 5.23. The van der Waals surface area contributed by atoms with Crippen molar-refractivity contribution in [2.24, 2.45) is 0 Å². The molecule has 0 saturated heterocycles. The Hall–Kier alpha value is -0.620. The molecule has 6 heteroatoms. The molecule has 0 radical (unpaired) electrons. The first kappa shape index (κ1) is 14.4. The average molecular weight is 275 g/mol. The predicted molar refractivity (Wildman–Crippen MR) is 71.6 cm³/mol. The smallest absolute Gasteiger partial charge is 0.325 e. The molecule has 1 aliphatic rings. The molecule has 0 bridgehead atoms. The van der Waals surface area contributed by atoms with Gasteiger partial charge in [-0.05, 0) is 18.2 Å². The summed E-state index contributed by atoms with van der Waals surface area (Å²) >= 11 is 0. The maximum atomic E-state index is 11.3. The highest BCUT2D eigenvalue weighted by molar-refractivity contribution is 8.78. The summed E-state index contributed by atoms with van der Waals surface area (Å²) in [6.07, 6.45) is 5.69. The highest BCUT2D eigenvalue weighted by Crippen LogP contribution is 2.37. The van der Waals surface area contributed by atoms with Gasteiger partial charge in [-0.25, -0.2) is 0 Å². The second-order valence-electron chi connectivity index (χ2n) is 3.66. The monoisotopic (exact) mass is 275 g/mol. The van der Waals surface area contributed by atoms with E-state index in [1.807, 2.05) is 10.8 Å². The number of hydrogen-bond acceptors (Lipinski definition) is 5. The Labute approximate surface area is 109 Å². The molecule has 0 aromatic heterocycles. The Balaban J connectivity index is 1.96. The van der Waals surface area contributed by atoms with Crippen molar-refractivity contribution in [3.63, 3.8) is 0 Å². The van der Waals surface area contributed by atoms with Crippen LogP contribution in [-0.4, -0.2) is 30.8 Å². The molecule has 0 aliphatic carbocycles. The van der Waals surface area contributed by atoms with E-state index in [0.29, 0.717) is 11.7 Å². The van der Waals surface area contributed by atoms with Gasteiger partial charge in [0.2, 0.25) is 5.91 Å². The van der Waals surface area contributed by atoms with Crippen LogP contribution in [0.15, 0.2) is 11.5 Å². The SMILES string of the molecule is COC(=O)CNC(=O)CCCCC1C=CSS1. The molecule has 1 aliphatic heterocycles. The number of carbonyl (C=O) groups excluding carboxylic acids is 2. The highest BCUT2D eigenvalue weighted by atomic mass is 33.1. The van der Waals surface area contributed by atoms with Crippen molar-refractivity contribution in [1.29, 1.82) is 0 Å². The largest absolute Gasteiger partial charge is 0.468 e. The van der Waals surface area contributed by atoms with Gasteiger partial charge in [0.25, 0.3) is 0 Å². The van der Waals surface area contributed by atoms with Gasteiger partial charge < -0.3 is 10.1 Å². The number of hydrogen-bond donors (Lipinski definition) is 1. The van der Waals surface area contributed by atoms with E-state index in [1.54, 1.807) is 10.8 Å². The quantitative estimate of drug-likeness (QED) is 0.438. The van der Waals surface area contributed by atoms with Crippen molar-refractivity contribution in [1.82, 2.24) is 5.32 Å². The predicted octanol–water partition coefficient (Wildman–Crippen LogP) is 2.11. The van der Waals surface area contributed by atoms with Crippen molar-refractivity contribution >= 4 is 33.5 Å². The van der Waals surface area contributed by atoms with Crippen LogP contribution in [-0.2, 0) is 14.3 Å². The number of rotatable bonds is 7. The molecule has 1 heterocycles. The molecule has 1 amide bonds. The van der Waals surface area contributed by atoms with Crippen LogP contribution in [0.1, 0.15) is 25.7 Å². The Morgan fingerprint density at radius 1 is 1.41 bits per heavy atom. The van der Waals surface area contributed by atoms with Gasteiger partial charge in [0.1, 0.15) is 6.54 Å². The maximum absolute atomic E-state index is 11.3. The third-order valence-electron chi connectivity index (χ3n) is 2.33. The van der Waals surface area contributed by atoms with Gasteiger partial charge in [0, 0.05) is 11.7 Å². The van der Waals surface area contributed by atoms with Crippen LogP contribution in [0.2, 0.25) is 0 Å². The Bertz CT molecular complexity index is 294. The number of amides is 1. The molecule has 1 N–H and O–H groups in total. The van der Waals surface area contributed by atoms with Gasteiger partial charge in [-0.15, -0.1) is 0 Å². The molecule has 1 unspecified atom stereocenters. The lowest BCUT2D eigenvalue weighted by atomic mass is 10.1. The normalized spacial score (nSPS) is 18.1. The average Bonchev–Trinajstić information content (AvgIpc) is 2.84. The number of unbranched alkanes of at least 4 members (excludes halogenated alkanes) is 1. The lowest BCUT2D eigenvalue weighted by Gasteiger charge is -2.06. The van der Waals surface area contributed by atoms with Crippen molar-refractivity contribution in [2.75, 3.05) is 13.7 Å². The molecule has 0 aromatic carbocycles. The summed E-state index contributed by atoms with van der Waals surface area (Å²) in [7, 11) is 4.93. The zero-order valence-electron chi connectivity index (χ0n) is 9.81. The Kier molecular flexibility index (Phi) is 7.19. The minimum atomic E-state index is -0.414. The zero-order chi connectivity index (χ0) is 12.5. The molecule has 1 atom stereocenters. The Morgan fingerprint density at radius 3 is 2.88 bits per heavy atom. The van der Waals surface area contributed by atoms with Gasteiger partial charge in [0.05, 0.1) is 7.11 Å². The summed E-state index contributed by atoms with van der Waals surface area (Å²) in [4.78, 5) is 22.1. The second kappa shape index (κ2) is 8.47. The minimum absolute atomic E-state index is 0.0345. The number of esters is 1. The van der Waals surface area contributed by atoms with Gasteiger partial charge in [-0.3, -0.25) is 9.59 Å². The summed E-state index contributed by atoms with van der Waals surface area (Å²) in [5.41, 5.74) is 0. The first-order chi connectivity index (χ1) is 8.22. The van der Waals surface area contributed by atoms with E-state index in [9.17, 15) is 9.59 Å². The third-order valence-corrected chi connectivity index (χ3v) is 4.76. The van der Waals surface area contributed by atoms with E-state index >= 15 is 0 Å². The van der Waals surface area contributed by atoms with E-state index in [0.717, 1.165) is 19.3 Å². The van der Waals surface area contributed by atoms with Crippen molar-refractivity contribution in [3.8, 4) is 0 Å². The molecule has 96 valence electrons. The lowest BCUT2D eigenvalue weighted by molar-refractivity contribution is -0.141. The van der Waals surface area contributed by atoms with Crippen molar-refractivity contribution in [3.05, 3.63) is 11.5 Å². The minimum Gasteiger partial charge on any atom is -0.468 e. The van der Waals surface area contributed by atoms with E-state index in [-0.39, 0.29) is 12.5 Å². The highest BCUT2D eigenvalue weighted by Gasteiger charge is 2.10. The summed E-state index contributed by atoms with van der Waals surface area (Å²) in [5.74, 6) is -0.498. The molecule has 1 rings (SSSR count). The van der Waals surface area contributed by atoms with Crippen LogP contribution in [0.3, 0.4) is 0 Å². The van der Waals surface area contributed by atoms with Crippen molar-refractivity contribution in [2.45, 2.75) is 30.9 Å². The van der Waals surface area contributed by atoms with Gasteiger partial charge in [0.15, 0.2) is 0 Å². The van der Waals surface area contributed by atoms with E-state index in [1.165, 1.54) is 7.11 Å². The number of ether oxygens (including phenoxy) is 1.